The minimum Gasteiger partial charge on any atom is -0.298 e. The van der Waals surface area contributed by atoms with Gasteiger partial charge in [0, 0.05) is 23.5 Å². The molecular weight excluding hydrogens is 243 g/mol. The summed E-state index contributed by atoms with van der Waals surface area (Å²) < 4.78 is 37.5. The maximum atomic E-state index is 12.5. The number of carbonyl (C=O) groups is 1. The van der Waals surface area contributed by atoms with Gasteiger partial charge in [0.15, 0.2) is 6.29 Å². The molecule has 1 aromatic carbocycles. The second-order valence-corrected chi connectivity index (χ2v) is 3.66. The number of benzene rings is 1. The van der Waals surface area contributed by atoms with Crippen molar-refractivity contribution in [1.29, 1.82) is 0 Å². The molecule has 5 heteroatoms. The van der Waals surface area contributed by atoms with E-state index in [9.17, 15) is 18.0 Å². The number of halogens is 3. The largest absolute Gasteiger partial charge is 0.416 e. The Kier molecular flexibility index (Phi) is 3.14. The molecule has 1 heterocycles. The van der Waals surface area contributed by atoms with Crippen molar-refractivity contribution in [3.05, 3.63) is 53.9 Å². The van der Waals surface area contributed by atoms with Crippen LogP contribution in [0.15, 0.2) is 42.7 Å². The highest BCUT2D eigenvalue weighted by atomic mass is 19.4. The first-order valence-electron chi connectivity index (χ1n) is 5.09. The molecule has 92 valence electrons. The SMILES string of the molecule is O=Cc1cc(C(F)(F)F)ccc1-c1cccnc1. The standard InChI is InChI=1S/C13H8F3NO/c14-13(15,16)11-3-4-12(10(6-11)8-18)9-2-1-5-17-7-9/h1-8H. The third kappa shape index (κ3) is 2.40. The van der Waals surface area contributed by atoms with Crippen LogP contribution in [0.5, 0.6) is 0 Å². The van der Waals surface area contributed by atoms with Gasteiger partial charge in [-0.25, -0.2) is 0 Å². The van der Waals surface area contributed by atoms with Gasteiger partial charge in [0.25, 0.3) is 0 Å². The smallest absolute Gasteiger partial charge is 0.298 e. The minimum absolute atomic E-state index is 0.00201. The number of hydrogen-bond donors (Lipinski definition) is 0. The summed E-state index contributed by atoms with van der Waals surface area (Å²) in [5.41, 5.74) is 0.203. The lowest BCUT2D eigenvalue weighted by Gasteiger charge is -2.10. The Labute approximate surface area is 101 Å². The fraction of sp³-hybridized carbons (Fsp3) is 0.0769. The maximum absolute atomic E-state index is 12.5. The van der Waals surface area contributed by atoms with Gasteiger partial charge in [-0.05, 0) is 23.8 Å². The molecule has 0 unspecified atom stereocenters. The van der Waals surface area contributed by atoms with E-state index in [4.69, 9.17) is 0 Å². The van der Waals surface area contributed by atoms with Crippen LogP contribution in [0, 0.1) is 0 Å². The van der Waals surface area contributed by atoms with Gasteiger partial charge in [0.05, 0.1) is 5.56 Å². The second kappa shape index (κ2) is 4.60. The number of aldehydes is 1. The molecule has 2 rings (SSSR count). The van der Waals surface area contributed by atoms with E-state index >= 15 is 0 Å². The first-order valence-corrected chi connectivity index (χ1v) is 5.09. The van der Waals surface area contributed by atoms with Gasteiger partial charge in [-0.3, -0.25) is 9.78 Å². The molecule has 0 fully saturated rings. The summed E-state index contributed by atoms with van der Waals surface area (Å²) in [6.07, 6.45) is -0.993. The summed E-state index contributed by atoms with van der Waals surface area (Å²) in [5.74, 6) is 0. The molecule has 0 saturated carbocycles. The topological polar surface area (TPSA) is 30.0 Å². The van der Waals surface area contributed by atoms with Gasteiger partial charge < -0.3 is 0 Å². The molecule has 2 nitrogen and oxygen atoms in total. The van der Waals surface area contributed by atoms with Gasteiger partial charge >= 0.3 is 6.18 Å². The first kappa shape index (κ1) is 12.3. The molecule has 0 bridgehead atoms. The van der Waals surface area contributed by atoms with Gasteiger partial charge in [0.1, 0.15) is 0 Å². The zero-order valence-electron chi connectivity index (χ0n) is 9.11. The summed E-state index contributed by atoms with van der Waals surface area (Å²) >= 11 is 0. The van der Waals surface area contributed by atoms with Crippen molar-refractivity contribution >= 4 is 6.29 Å². The molecule has 0 amide bonds. The molecule has 0 aliphatic rings. The monoisotopic (exact) mass is 251 g/mol. The van der Waals surface area contributed by atoms with Crippen molar-refractivity contribution in [2.45, 2.75) is 6.18 Å². The van der Waals surface area contributed by atoms with Crippen LogP contribution in [-0.4, -0.2) is 11.3 Å². The number of alkyl halides is 3. The van der Waals surface area contributed by atoms with Gasteiger partial charge in [-0.15, -0.1) is 0 Å². The molecule has 0 spiro atoms. The highest BCUT2D eigenvalue weighted by Gasteiger charge is 2.31. The molecule has 0 saturated heterocycles. The van der Waals surface area contributed by atoms with Crippen LogP contribution in [0.3, 0.4) is 0 Å². The van der Waals surface area contributed by atoms with Crippen molar-refractivity contribution < 1.29 is 18.0 Å². The van der Waals surface area contributed by atoms with E-state index in [1.807, 2.05) is 0 Å². The van der Waals surface area contributed by atoms with Crippen LogP contribution >= 0.6 is 0 Å². The molecule has 0 aliphatic heterocycles. The molecule has 0 radical (unpaired) electrons. The molecular formula is C13H8F3NO. The number of carbonyl (C=O) groups excluding carboxylic acids is 1. The number of rotatable bonds is 2. The van der Waals surface area contributed by atoms with Crippen LogP contribution in [0.25, 0.3) is 11.1 Å². The number of aromatic nitrogens is 1. The highest BCUT2D eigenvalue weighted by Crippen LogP contribution is 2.32. The van der Waals surface area contributed by atoms with E-state index in [2.05, 4.69) is 4.98 Å². The lowest BCUT2D eigenvalue weighted by Crippen LogP contribution is -2.05. The summed E-state index contributed by atoms with van der Waals surface area (Å²) in [4.78, 5) is 14.8. The zero-order valence-corrected chi connectivity index (χ0v) is 9.11. The molecule has 0 N–H and O–H groups in total. The number of pyridine rings is 1. The quantitative estimate of drug-likeness (QED) is 0.763. The van der Waals surface area contributed by atoms with Crippen LogP contribution in [0.1, 0.15) is 15.9 Å². The van der Waals surface area contributed by atoms with E-state index in [1.165, 1.54) is 12.3 Å². The fourth-order valence-corrected chi connectivity index (χ4v) is 1.62. The Morgan fingerprint density at radius 2 is 1.94 bits per heavy atom. The summed E-state index contributed by atoms with van der Waals surface area (Å²) in [7, 11) is 0. The zero-order chi connectivity index (χ0) is 13.2. The first-order chi connectivity index (χ1) is 8.52. The Morgan fingerprint density at radius 3 is 2.50 bits per heavy atom. The summed E-state index contributed by atoms with van der Waals surface area (Å²) in [5, 5.41) is 0. The van der Waals surface area contributed by atoms with Crippen molar-refractivity contribution in [1.82, 2.24) is 4.98 Å². The average molecular weight is 251 g/mol. The molecule has 18 heavy (non-hydrogen) atoms. The third-order valence-electron chi connectivity index (χ3n) is 2.48. The maximum Gasteiger partial charge on any atom is 0.416 e. The predicted octanol–water partition coefficient (Wildman–Crippen LogP) is 3.58. The van der Waals surface area contributed by atoms with Gasteiger partial charge in [-0.2, -0.15) is 13.2 Å². The average Bonchev–Trinajstić information content (AvgIpc) is 2.38. The lowest BCUT2D eigenvalue weighted by molar-refractivity contribution is -0.137. The van der Waals surface area contributed by atoms with Gasteiger partial charge in [-0.1, -0.05) is 12.1 Å². The predicted molar refractivity (Wildman–Crippen MR) is 60.1 cm³/mol. The minimum atomic E-state index is -4.45. The van der Waals surface area contributed by atoms with Gasteiger partial charge in [0.2, 0.25) is 0 Å². The number of hydrogen-bond acceptors (Lipinski definition) is 2. The second-order valence-electron chi connectivity index (χ2n) is 3.66. The molecule has 2 aromatic rings. The third-order valence-corrected chi connectivity index (χ3v) is 2.48. The molecule has 0 atom stereocenters. The Balaban J connectivity index is 2.54. The Bertz CT molecular complexity index is 564. The summed E-state index contributed by atoms with van der Waals surface area (Å²) in [6, 6.07) is 6.42. The summed E-state index contributed by atoms with van der Waals surface area (Å²) in [6.45, 7) is 0. The van der Waals surface area contributed by atoms with Crippen molar-refractivity contribution in [3.63, 3.8) is 0 Å². The Morgan fingerprint density at radius 1 is 1.17 bits per heavy atom. The van der Waals surface area contributed by atoms with Crippen LogP contribution in [0.4, 0.5) is 13.2 Å². The van der Waals surface area contributed by atoms with E-state index < -0.39 is 11.7 Å². The lowest BCUT2D eigenvalue weighted by atomic mass is 9.99. The van der Waals surface area contributed by atoms with Crippen LogP contribution in [0.2, 0.25) is 0 Å². The van der Waals surface area contributed by atoms with Crippen molar-refractivity contribution in [2.24, 2.45) is 0 Å². The molecule has 1 aromatic heterocycles. The normalized spacial score (nSPS) is 11.3. The van der Waals surface area contributed by atoms with Crippen LogP contribution < -0.4 is 0 Å². The number of nitrogens with zero attached hydrogens (tertiary/aromatic N) is 1. The van der Waals surface area contributed by atoms with E-state index in [1.54, 1.807) is 18.3 Å². The van der Waals surface area contributed by atoms with Crippen LogP contribution in [-0.2, 0) is 6.18 Å². The highest BCUT2D eigenvalue weighted by molar-refractivity contribution is 5.87. The molecule has 0 aliphatic carbocycles. The fourth-order valence-electron chi connectivity index (χ4n) is 1.62. The van der Waals surface area contributed by atoms with E-state index in [0.29, 0.717) is 17.4 Å². The van der Waals surface area contributed by atoms with Crippen molar-refractivity contribution in [3.8, 4) is 11.1 Å². The van der Waals surface area contributed by atoms with Crippen molar-refractivity contribution in [2.75, 3.05) is 0 Å². The Hall–Kier alpha value is -2.17. The van der Waals surface area contributed by atoms with E-state index in [-0.39, 0.29) is 5.56 Å². The van der Waals surface area contributed by atoms with E-state index in [0.717, 1.165) is 12.1 Å².